The van der Waals surface area contributed by atoms with E-state index in [-0.39, 0.29) is 0 Å². The van der Waals surface area contributed by atoms with Crippen LogP contribution >= 0.6 is 11.6 Å². The molecule has 1 rings (SSSR count). The minimum Gasteiger partial charge on any atom is -0.475 e. The van der Waals surface area contributed by atoms with Crippen LogP contribution < -0.4 is 4.74 Å². The number of halogens is 1. The van der Waals surface area contributed by atoms with E-state index in [1.54, 1.807) is 13.3 Å². The maximum absolute atomic E-state index is 5.66. The Morgan fingerprint density at radius 3 is 2.71 bits per heavy atom. The van der Waals surface area contributed by atoms with Gasteiger partial charge in [-0.3, -0.25) is 0 Å². The quantitative estimate of drug-likeness (QED) is 0.504. The fourth-order valence-electron chi connectivity index (χ4n) is 1.19. The average molecular weight is 260 g/mol. The van der Waals surface area contributed by atoms with Crippen LogP contribution in [0.4, 0.5) is 0 Å². The second kappa shape index (κ2) is 9.22. The topological polar surface area (TPSA) is 40.6 Å². The molecule has 0 radical (unpaired) electrons. The molecule has 0 aliphatic heterocycles. The number of alkyl halides is 1. The summed E-state index contributed by atoms with van der Waals surface area (Å²) >= 11 is 5.66. The molecule has 0 atom stereocenters. The Hall–Kier alpha value is -0.840. The van der Waals surface area contributed by atoms with Crippen molar-refractivity contribution in [2.45, 2.75) is 12.3 Å². The highest BCUT2D eigenvalue weighted by atomic mass is 35.5. The summed E-state index contributed by atoms with van der Waals surface area (Å²) < 4.78 is 15.7. The first-order chi connectivity index (χ1) is 8.36. The summed E-state index contributed by atoms with van der Waals surface area (Å²) in [5.41, 5.74) is 0.981. The Balaban J connectivity index is 2.05. The largest absolute Gasteiger partial charge is 0.475 e. The van der Waals surface area contributed by atoms with Crippen molar-refractivity contribution in [3.05, 3.63) is 23.9 Å². The first-order valence-corrected chi connectivity index (χ1v) is 6.10. The fraction of sp³-hybridized carbons (Fsp3) is 0.583. The lowest BCUT2D eigenvalue weighted by molar-refractivity contribution is 0.0795. The van der Waals surface area contributed by atoms with Crippen molar-refractivity contribution >= 4 is 11.6 Å². The van der Waals surface area contributed by atoms with Crippen molar-refractivity contribution in [1.29, 1.82) is 0 Å². The molecule has 0 saturated carbocycles. The smallest absolute Gasteiger partial charge is 0.213 e. The van der Waals surface area contributed by atoms with E-state index in [4.69, 9.17) is 25.8 Å². The van der Waals surface area contributed by atoms with Gasteiger partial charge < -0.3 is 14.2 Å². The van der Waals surface area contributed by atoms with Gasteiger partial charge in [-0.2, -0.15) is 0 Å². The molecule has 96 valence electrons. The molecule has 4 nitrogen and oxygen atoms in total. The molecule has 0 N–H and O–H groups in total. The first kappa shape index (κ1) is 14.2. The summed E-state index contributed by atoms with van der Waals surface area (Å²) in [5.74, 6) is 1.06. The van der Waals surface area contributed by atoms with Gasteiger partial charge in [0.2, 0.25) is 5.88 Å². The first-order valence-electron chi connectivity index (χ1n) is 5.57. The number of aromatic nitrogens is 1. The molecule has 0 saturated heterocycles. The Morgan fingerprint density at radius 2 is 2.06 bits per heavy atom. The molecule has 1 aromatic heterocycles. The number of hydrogen-bond acceptors (Lipinski definition) is 4. The molecule has 17 heavy (non-hydrogen) atoms. The number of pyridine rings is 1. The molecule has 1 aromatic rings. The van der Waals surface area contributed by atoms with Crippen LogP contribution in [0.2, 0.25) is 0 Å². The molecule has 0 unspecified atom stereocenters. The summed E-state index contributed by atoms with van der Waals surface area (Å²) in [6, 6.07) is 3.71. The third kappa shape index (κ3) is 6.46. The standard InChI is InChI=1S/C12H18ClNO3/c1-15-5-2-6-16-7-8-17-12-4-3-11(9-13)10-14-12/h3-4,10H,2,5-9H2,1H3. The van der Waals surface area contributed by atoms with Crippen LogP contribution in [0.25, 0.3) is 0 Å². The van der Waals surface area contributed by atoms with Crippen molar-refractivity contribution in [2.24, 2.45) is 0 Å². The van der Waals surface area contributed by atoms with E-state index in [1.807, 2.05) is 12.1 Å². The average Bonchev–Trinajstić information content (AvgIpc) is 2.38. The monoisotopic (exact) mass is 259 g/mol. The van der Waals surface area contributed by atoms with Gasteiger partial charge in [0.1, 0.15) is 6.61 Å². The summed E-state index contributed by atoms with van der Waals surface area (Å²) in [7, 11) is 1.68. The zero-order valence-corrected chi connectivity index (χ0v) is 10.8. The van der Waals surface area contributed by atoms with Gasteiger partial charge in [-0.25, -0.2) is 4.98 Å². The third-order valence-corrected chi connectivity index (χ3v) is 2.38. The maximum atomic E-state index is 5.66. The van der Waals surface area contributed by atoms with E-state index < -0.39 is 0 Å². The molecular weight excluding hydrogens is 242 g/mol. The van der Waals surface area contributed by atoms with Crippen molar-refractivity contribution in [3.8, 4) is 5.88 Å². The lowest BCUT2D eigenvalue weighted by Crippen LogP contribution is -2.09. The van der Waals surface area contributed by atoms with Crippen molar-refractivity contribution in [3.63, 3.8) is 0 Å². The van der Waals surface area contributed by atoms with Gasteiger partial charge in [0.05, 0.1) is 6.61 Å². The lowest BCUT2D eigenvalue weighted by Gasteiger charge is -2.06. The zero-order valence-electron chi connectivity index (χ0n) is 10.0. The van der Waals surface area contributed by atoms with Gasteiger partial charge >= 0.3 is 0 Å². The molecule has 0 bridgehead atoms. The molecule has 0 aromatic carbocycles. The Morgan fingerprint density at radius 1 is 1.18 bits per heavy atom. The highest BCUT2D eigenvalue weighted by molar-refractivity contribution is 6.17. The van der Waals surface area contributed by atoms with E-state index >= 15 is 0 Å². The number of rotatable bonds is 9. The van der Waals surface area contributed by atoms with Crippen LogP contribution in [0.15, 0.2) is 18.3 Å². The molecule has 5 heteroatoms. The summed E-state index contributed by atoms with van der Waals surface area (Å²) in [5, 5.41) is 0. The predicted octanol–water partition coefficient (Wildman–Crippen LogP) is 2.25. The van der Waals surface area contributed by atoms with Gasteiger partial charge in [0.15, 0.2) is 0 Å². The van der Waals surface area contributed by atoms with E-state index in [0.717, 1.165) is 18.6 Å². The van der Waals surface area contributed by atoms with Gasteiger partial charge in [0.25, 0.3) is 0 Å². The zero-order chi connectivity index (χ0) is 12.3. The normalized spacial score (nSPS) is 10.5. The van der Waals surface area contributed by atoms with Gasteiger partial charge in [-0.15, -0.1) is 11.6 Å². The number of nitrogens with zero attached hydrogens (tertiary/aromatic N) is 1. The maximum Gasteiger partial charge on any atom is 0.213 e. The van der Waals surface area contributed by atoms with Crippen molar-refractivity contribution in [2.75, 3.05) is 33.5 Å². The number of methoxy groups -OCH3 is 1. The predicted molar refractivity (Wildman–Crippen MR) is 66.6 cm³/mol. The van der Waals surface area contributed by atoms with Gasteiger partial charge in [0, 0.05) is 38.5 Å². The van der Waals surface area contributed by atoms with Crippen LogP contribution in [0.5, 0.6) is 5.88 Å². The van der Waals surface area contributed by atoms with Crippen molar-refractivity contribution in [1.82, 2.24) is 4.98 Å². The molecule has 0 amide bonds. The third-order valence-electron chi connectivity index (χ3n) is 2.07. The van der Waals surface area contributed by atoms with E-state index in [9.17, 15) is 0 Å². The van der Waals surface area contributed by atoms with Crippen LogP contribution in [-0.2, 0) is 15.4 Å². The Labute approximate surface area is 107 Å². The van der Waals surface area contributed by atoms with Crippen LogP contribution in [0, 0.1) is 0 Å². The minimum absolute atomic E-state index is 0.468. The van der Waals surface area contributed by atoms with Gasteiger partial charge in [-0.1, -0.05) is 6.07 Å². The summed E-state index contributed by atoms with van der Waals surface area (Å²) in [6.07, 6.45) is 2.61. The van der Waals surface area contributed by atoms with E-state index in [1.165, 1.54) is 0 Å². The van der Waals surface area contributed by atoms with Gasteiger partial charge in [-0.05, 0) is 12.0 Å². The Bertz CT molecular complexity index is 292. The second-order valence-electron chi connectivity index (χ2n) is 3.45. The fourth-order valence-corrected chi connectivity index (χ4v) is 1.35. The summed E-state index contributed by atoms with van der Waals surface area (Å²) in [6.45, 7) is 2.47. The highest BCUT2D eigenvalue weighted by Crippen LogP contribution is 2.08. The van der Waals surface area contributed by atoms with Crippen LogP contribution in [0.1, 0.15) is 12.0 Å². The van der Waals surface area contributed by atoms with Crippen LogP contribution in [-0.4, -0.2) is 38.5 Å². The molecule has 0 aliphatic carbocycles. The number of hydrogen-bond donors (Lipinski definition) is 0. The minimum atomic E-state index is 0.468. The summed E-state index contributed by atoms with van der Waals surface area (Å²) in [4.78, 5) is 4.11. The SMILES string of the molecule is COCCCOCCOc1ccc(CCl)cn1. The molecule has 0 aliphatic rings. The molecule has 1 heterocycles. The molecule has 0 spiro atoms. The molecule has 0 fully saturated rings. The van der Waals surface area contributed by atoms with E-state index in [0.29, 0.717) is 31.6 Å². The second-order valence-corrected chi connectivity index (χ2v) is 3.71. The Kier molecular flexibility index (Phi) is 7.71. The van der Waals surface area contributed by atoms with E-state index in [2.05, 4.69) is 4.98 Å². The highest BCUT2D eigenvalue weighted by Gasteiger charge is 1.96. The number of ether oxygens (including phenoxy) is 3. The lowest BCUT2D eigenvalue weighted by atomic mass is 10.3. The molecular formula is C12H18ClNO3. The van der Waals surface area contributed by atoms with Crippen LogP contribution in [0.3, 0.4) is 0 Å². The van der Waals surface area contributed by atoms with Crippen molar-refractivity contribution < 1.29 is 14.2 Å².